The van der Waals surface area contributed by atoms with Gasteiger partial charge in [0.2, 0.25) is 41.1 Å². The van der Waals surface area contributed by atoms with E-state index in [1.54, 1.807) is 71.2 Å². The van der Waals surface area contributed by atoms with Gasteiger partial charge in [-0.15, -0.1) is 0 Å². The number of unbranched alkanes of at least 4 members (excludes halogenated alkanes) is 1. The highest BCUT2D eigenvalue weighted by molar-refractivity contribution is 6.06. The van der Waals surface area contributed by atoms with Crippen molar-refractivity contribution < 1.29 is 76.4 Å². The fourth-order valence-electron chi connectivity index (χ4n) is 10.5. The number of imidazole rings is 4. The molecule has 109 heavy (non-hydrogen) atoms. The zero-order valence-electron chi connectivity index (χ0n) is 61.8. The van der Waals surface area contributed by atoms with E-state index in [0.717, 1.165) is 0 Å². The molecule has 0 spiro atoms. The first-order valence-electron chi connectivity index (χ1n) is 34.8. The smallest absolute Gasteiger partial charge is 0.291 e. The summed E-state index contributed by atoms with van der Waals surface area (Å²) in [5.74, 6) is -5.31. The summed E-state index contributed by atoms with van der Waals surface area (Å²) in [6.07, 6.45) is 13.0. The minimum atomic E-state index is -0.640. The van der Waals surface area contributed by atoms with E-state index in [1.807, 2.05) is 0 Å². The zero-order chi connectivity index (χ0) is 78.8. The van der Waals surface area contributed by atoms with Crippen LogP contribution in [0.5, 0.6) is 0 Å². The Kier molecular flexibility index (Phi) is 33.6. The van der Waals surface area contributed by atoms with Crippen molar-refractivity contribution in [3.63, 3.8) is 0 Å². The number of aromatic nitrogens is 11. The fraction of sp³-hybridized carbons (Fsp3) is 0.478. The van der Waals surface area contributed by atoms with E-state index in [-0.39, 0.29) is 153 Å². The van der Waals surface area contributed by atoms with Crippen molar-refractivity contribution in [2.24, 2.45) is 60.2 Å². The van der Waals surface area contributed by atoms with Crippen LogP contribution < -0.4 is 58.9 Å². The van der Waals surface area contributed by atoms with E-state index < -0.39 is 59.1 Å². The van der Waals surface area contributed by atoms with Crippen LogP contribution in [0.4, 0.5) is 34.5 Å². The molecular weight excluding hydrogens is 1420 g/mol. The normalized spacial score (nSPS) is 11.0. The minimum absolute atomic E-state index is 0.0175. The SMILES string of the molecule is Cn1cc(NC(=O)c2nc(NC(=O)CCNC(=O)c3cc(NC(=O)c4nccn4C)cn3C)cn2C)cc1C(=O)NCCCC(=O)Nc1cn(C)c(C(=O)NCCC(=O)Nc2cc(C(=O)Nc3cn(C)c(C(=O)NCCC(=O)N(CCCCN=[N+]=[N-])CCOCCOCCOCCOCCOCCN)n3)n(C)c2)n1. The molecule has 12 N–H and O–H groups in total. The molecule has 0 radical (unpaired) electrons. The number of azide groups is 1. The summed E-state index contributed by atoms with van der Waals surface area (Å²) in [6.45, 7) is 5.26. The first kappa shape index (κ1) is 84.2. The number of amides is 11. The van der Waals surface area contributed by atoms with Crippen molar-refractivity contribution in [3.05, 3.63) is 119 Å². The standard InChI is InChI=1S/C67H94N26O16/c1-86-23-21-70-57(86)66(103)77-45-36-48(88(3)39-45)62(99)72-18-13-55(96)80-51-42-92(7)60(82-51)67(104)78-46-37-47(87(2)40-46)61(98)71-16-10-11-53(94)79-50-41-90(5)58(81-50)64(101)73-19-12-54(95)76-44-35-49(89(4)38-44)63(100)84-52-43-91(6)59(83-52)65(102)74-20-14-56(97)93(22-9-8-17-75-85-69)24-26-106-28-30-108-32-34-109-33-31-107-29-27-105-25-15-68/h21,23,35-43H,8-20,22,24-34,68H2,1-7H3,(H,71,98)(H,72,99)(H,73,101)(H,74,102)(H,76,95)(H,77,103)(H,78,104)(H,79,94)(H,80,96)(H,84,100). The van der Waals surface area contributed by atoms with E-state index >= 15 is 0 Å². The average molecular weight is 1520 g/mol. The van der Waals surface area contributed by atoms with E-state index in [2.05, 4.69) is 83.1 Å². The number of hydrogen-bond acceptors (Lipinski definition) is 22. The maximum Gasteiger partial charge on any atom is 0.291 e. The molecule has 0 aliphatic rings. The number of aryl methyl sites for hydroxylation is 7. The predicted molar refractivity (Wildman–Crippen MR) is 394 cm³/mol. The van der Waals surface area contributed by atoms with Crippen molar-refractivity contribution in [2.45, 2.75) is 44.9 Å². The Hall–Kier alpha value is -12.1. The molecule has 7 aromatic rings. The molecular formula is C67H94N26O16. The van der Waals surface area contributed by atoms with Crippen molar-refractivity contribution in [2.75, 3.05) is 150 Å². The topological polar surface area (TPSA) is 518 Å². The van der Waals surface area contributed by atoms with Gasteiger partial charge in [-0.1, -0.05) is 5.11 Å². The lowest BCUT2D eigenvalue weighted by molar-refractivity contribution is -0.132. The molecule has 7 rings (SSSR count). The van der Waals surface area contributed by atoms with Gasteiger partial charge >= 0.3 is 0 Å². The van der Waals surface area contributed by atoms with Gasteiger partial charge in [-0.2, -0.15) is 0 Å². The summed E-state index contributed by atoms with van der Waals surface area (Å²) in [4.78, 5) is 165. The number of ether oxygens (including phenoxy) is 5. The molecule has 7 heterocycles. The maximum atomic E-state index is 13.4. The van der Waals surface area contributed by atoms with Gasteiger partial charge in [0, 0.05) is 182 Å². The number of carbonyl (C=O) groups excluding carboxylic acids is 11. The van der Waals surface area contributed by atoms with Crippen molar-refractivity contribution in [1.82, 2.24) is 78.1 Å². The van der Waals surface area contributed by atoms with Gasteiger partial charge < -0.3 is 119 Å². The third-order valence-electron chi connectivity index (χ3n) is 15.9. The summed E-state index contributed by atoms with van der Waals surface area (Å²) < 4.78 is 37.6. The molecule has 588 valence electrons. The van der Waals surface area contributed by atoms with Crippen LogP contribution in [0.15, 0.2) is 72.9 Å². The van der Waals surface area contributed by atoms with Crippen LogP contribution >= 0.6 is 0 Å². The number of rotatable bonds is 48. The lowest BCUT2D eigenvalue weighted by atomic mass is 10.2. The van der Waals surface area contributed by atoms with E-state index in [0.29, 0.717) is 91.1 Å². The molecule has 0 unspecified atom stereocenters. The first-order chi connectivity index (χ1) is 52.4. The second-order valence-corrected chi connectivity index (χ2v) is 24.5. The molecule has 0 aliphatic carbocycles. The first-order valence-corrected chi connectivity index (χ1v) is 34.8. The highest BCUT2D eigenvalue weighted by atomic mass is 16.6. The molecule has 0 bridgehead atoms. The Morgan fingerprint density at radius 3 is 1.32 bits per heavy atom. The molecule has 0 saturated heterocycles. The van der Waals surface area contributed by atoms with Crippen LogP contribution in [-0.4, -0.2) is 240 Å². The molecule has 0 fully saturated rings. The molecule has 0 saturated carbocycles. The van der Waals surface area contributed by atoms with Crippen LogP contribution in [-0.2, 0) is 92.2 Å². The van der Waals surface area contributed by atoms with Crippen molar-refractivity contribution in [1.29, 1.82) is 0 Å². The highest BCUT2D eigenvalue weighted by Crippen LogP contribution is 2.20. The quantitative estimate of drug-likeness (QED) is 0.0110. The van der Waals surface area contributed by atoms with Gasteiger partial charge in [0.1, 0.15) is 17.1 Å². The summed E-state index contributed by atoms with van der Waals surface area (Å²) in [5.41, 5.74) is 15.5. The van der Waals surface area contributed by atoms with Gasteiger partial charge in [0.25, 0.3) is 41.4 Å². The molecule has 7 aromatic heterocycles. The van der Waals surface area contributed by atoms with Gasteiger partial charge in [-0.05, 0) is 43.0 Å². The van der Waals surface area contributed by atoms with Gasteiger partial charge in [-0.25, -0.2) is 19.9 Å². The lowest BCUT2D eigenvalue weighted by Crippen LogP contribution is -2.37. The third-order valence-corrected chi connectivity index (χ3v) is 15.9. The average Bonchev–Trinajstić information content (AvgIpc) is 1.70. The number of carbonyl (C=O) groups is 11. The Balaban J connectivity index is 0.746. The summed E-state index contributed by atoms with van der Waals surface area (Å²) in [6, 6.07) is 4.38. The number of anilines is 6. The Morgan fingerprint density at radius 2 is 0.835 bits per heavy atom. The number of nitrogens with two attached hydrogens (primary N) is 1. The molecule has 42 heteroatoms. The Labute approximate surface area is 625 Å². The maximum absolute atomic E-state index is 13.4. The minimum Gasteiger partial charge on any atom is -0.378 e. The second-order valence-electron chi connectivity index (χ2n) is 24.5. The van der Waals surface area contributed by atoms with Crippen molar-refractivity contribution >= 4 is 99.5 Å². The molecule has 0 aromatic carbocycles. The summed E-state index contributed by atoms with van der Waals surface area (Å²) >= 11 is 0. The molecule has 42 nitrogen and oxygen atoms in total. The molecule has 11 amide bonds. The van der Waals surface area contributed by atoms with E-state index in [9.17, 15) is 52.7 Å². The number of nitrogens with zero attached hydrogens (tertiary/aromatic N) is 15. The monoisotopic (exact) mass is 1520 g/mol. The molecule has 0 atom stereocenters. The summed E-state index contributed by atoms with van der Waals surface area (Å²) in [5, 5.41) is 30.3. The zero-order valence-corrected chi connectivity index (χ0v) is 61.8. The predicted octanol–water partition coefficient (Wildman–Crippen LogP) is 1.14. The van der Waals surface area contributed by atoms with Crippen LogP contribution in [0.1, 0.15) is 119 Å². The second kappa shape index (κ2) is 43.5. The lowest BCUT2D eigenvalue weighted by Gasteiger charge is -2.23. The summed E-state index contributed by atoms with van der Waals surface area (Å²) in [7, 11) is 11.2. The van der Waals surface area contributed by atoms with Gasteiger partial charge in [-0.3, -0.25) is 52.7 Å². The Morgan fingerprint density at radius 1 is 0.422 bits per heavy atom. The van der Waals surface area contributed by atoms with E-state index in [1.165, 1.54) is 82.8 Å². The van der Waals surface area contributed by atoms with Gasteiger partial charge in [0.15, 0.2) is 23.3 Å². The van der Waals surface area contributed by atoms with Crippen LogP contribution in [0.3, 0.4) is 0 Å². The van der Waals surface area contributed by atoms with Gasteiger partial charge in [0.05, 0.1) is 83.1 Å². The fourth-order valence-corrected chi connectivity index (χ4v) is 10.5. The van der Waals surface area contributed by atoms with Crippen LogP contribution in [0, 0.1) is 0 Å². The van der Waals surface area contributed by atoms with E-state index in [4.69, 9.17) is 34.9 Å². The number of hydrogen-bond donors (Lipinski definition) is 11. The highest BCUT2D eigenvalue weighted by Gasteiger charge is 2.24. The van der Waals surface area contributed by atoms with Crippen molar-refractivity contribution in [3.8, 4) is 0 Å². The number of nitrogens with one attached hydrogen (secondary N) is 10. The van der Waals surface area contributed by atoms with Crippen LogP contribution in [0.25, 0.3) is 10.4 Å². The Bertz CT molecular complexity index is 4320. The third kappa shape index (κ3) is 27.3. The van der Waals surface area contributed by atoms with Crippen LogP contribution in [0.2, 0.25) is 0 Å². The largest absolute Gasteiger partial charge is 0.378 e. The molecule has 0 aliphatic heterocycles.